The summed E-state index contributed by atoms with van der Waals surface area (Å²) in [7, 11) is 0. The lowest BCUT2D eigenvalue weighted by atomic mass is 10.1. The minimum Gasteiger partial charge on any atom is -0.484 e. The number of nitrogens with zero attached hydrogens (tertiary/aromatic N) is 1. The zero-order chi connectivity index (χ0) is 21.2. The second-order valence-electron chi connectivity index (χ2n) is 7.06. The normalized spacial score (nSPS) is 12.7. The van der Waals surface area contributed by atoms with Crippen LogP contribution in [0.4, 0.5) is 0 Å². The first-order valence-electron chi connectivity index (χ1n) is 9.92. The van der Waals surface area contributed by atoms with Gasteiger partial charge in [-0.05, 0) is 56.5 Å². The van der Waals surface area contributed by atoms with Crippen LogP contribution in [0.15, 0.2) is 59.1 Å². The van der Waals surface area contributed by atoms with Crippen LogP contribution in [0.1, 0.15) is 32.8 Å². The number of ether oxygens (including phenoxy) is 1. The number of nitrogens with one attached hydrogen (secondary N) is 1. The third kappa shape index (κ3) is 7.54. The molecule has 0 aliphatic carbocycles. The lowest BCUT2D eigenvalue weighted by Crippen LogP contribution is -2.51. The van der Waals surface area contributed by atoms with Gasteiger partial charge in [-0.15, -0.1) is 0 Å². The molecule has 2 aromatic carbocycles. The van der Waals surface area contributed by atoms with E-state index in [0.29, 0.717) is 18.7 Å². The molecular formula is C23H29BrN2O3. The van der Waals surface area contributed by atoms with E-state index in [4.69, 9.17) is 4.74 Å². The van der Waals surface area contributed by atoms with E-state index < -0.39 is 6.04 Å². The standard InChI is InChI=1S/C23H29BrN2O3/c1-4-17(2)25-23(28)18(3)26(15-14-19-8-6-5-7-9-19)22(27)16-29-21-12-10-20(24)11-13-21/h5-13,17-18H,4,14-16H2,1-3H3,(H,25,28)/t17-,18+/m0/s1. The summed E-state index contributed by atoms with van der Waals surface area (Å²) >= 11 is 3.38. The largest absolute Gasteiger partial charge is 0.484 e. The molecule has 29 heavy (non-hydrogen) atoms. The highest BCUT2D eigenvalue weighted by Crippen LogP contribution is 2.16. The molecular weight excluding hydrogens is 432 g/mol. The molecule has 0 unspecified atom stereocenters. The summed E-state index contributed by atoms with van der Waals surface area (Å²) in [6, 6.07) is 16.7. The third-order valence-electron chi connectivity index (χ3n) is 4.83. The molecule has 2 atom stereocenters. The molecule has 0 aliphatic rings. The predicted molar refractivity (Wildman–Crippen MR) is 119 cm³/mol. The number of halogens is 1. The summed E-state index contributed by atoms with van der Waals surface area (Å²) in [4.78, 5) is 27.1. The number of hydrogen-bond acceptors (Lipinski definition) is 3. The molecule has 0 heterocycles. The maximum atomic E-state index is 12.9. The van der Waals surface area contributed by atoms with Crippen LogP contribution in [0.2, 0.25) is 0 Å². The molecule has 1 N–H and O–H groups in total. The van der Waals surface area contributed by atoms with Gasteiger partial charge >= 0.3 is 0 Å². The monoisotopic (exact) mass is 460 g/mol. The first kappa shape index (κ1) is 22.9. The van der Waals surface area contributed by atoms with E-state index in [-0.39, 0.29) is 24.5 Å². The molecule has 0 aliphatic heterocycles. The quantitative estimate of drug-likeness (QED) is 0.577. The van der Waals surface area contributed by atoms with Gasteiger partial charge in [0.1, 0.15) is 11.8 Å². The van der Waals surface area contributed by atoms with Gasteiger partial charge in [0, 0.05) is 17.1 Å². The Hall–Kier alpha value is -2.34. The maximum absolute atomic E-state index is 12.9. The SMILES string of the molecule is CC[C@H](C)NC(=O)[C@@H](C)N(CCc1ccccc1)C(=O)COc1ccc(Br)cc1. The fraction of sp³-hybridized carbons (Fsp3) is 0.391. The van der Waals surface area contributed by atoms with Crippen molar-refractivity contribution in [3.8, 4) is 5.75 Å². The summed E-state index contributed by atoms with van der Waals surface area (Å²) in [5.74, 6) is 0.251. The van der Waals surface area contributed by atoms with Crippen molar-refractivity contribution in [1.29, 1.82) is 0 Å². The maximum Gasteiger partial charge on any atom is 0.261 e. The fourth-order valence-corrected chi connectivity index (χ4v) is 3.06. The van der Waals surface area contributed by atoms with E-state index in [2.05, 4.69) is 21.2 Å². The van der Waals surface area contributed by atoms with E-state index in [1.54, 1.807) is 24.0 Å². The molecule has 6 heteroatoms. The average molecular weight is 461 g/mol. The van der Waals surface area contributed by atoms with Crippen molar-refractivity contribution >= 4 is 27.7 Å². The Labute approximate surface area is 181 Å². The van der Waals surface area contributed by atoms with Gasteiger partial charge in [0.25, 0.3) is 5.91 Å². The molecule has 2 amide bonds. The molecule has 156 valence electrons. The van der Waals surface area contributed by atoms with Gasteiger partial charge in [0.05, 0.1) is 0 Å². The molecule has 2 aromatic rings. The Morgan fingerprint density at radius 2 is 1.72 bits per heavy atom. The third-order valence-corrected chi connectivity index (χ3v) is 5.36. The van der Waals surface area contributed by atoms with E-state index in [9.17, 15) is 9.59 Å². The van der Waals surface area contributed by atoms with Crippen molar-refractivity contribution in [3.63, 3.8) is 0 Å². The smallest absolute Gasteiger partial charge is 0.261 e. The van der Waals surface area contributed by atoms with Crippen LogP contribution in [0.25, 0.3) is 0 Å². The van der Waals surface area contributed by atoms with Gasteiger partial charge in [-0.1, -0.05) is 53.2 Å². The Morgan fingerprint density at radius 1 is 1.07 bits per heavy atom. The lowest BCUT2D eigenvalue weighted by Gasteiger charge is -2.29. The summed E-state index contributed by atoms with van der Waals surface area (Å²) < 4.78 is 6.58. The van der Waals surface area contributed by atoms with E-state index in [1.807, 2.05) is 56.3 Å². The van der Waals surface area contributed by atoms with Gasteiger partial charge < -0.3 is 15.0 Å². The highest BCUT2D eigenvalue weighted by Gasteiger charge is 2.26. The number of carbonyl (C=O) groups excluding carboxylic acids is 2. The molecule has 0 bridgehead atoms. The number of rotatable bonds is 10. The van der Waals surface area contributed by atoms with E-state index in [0.717, 1.165) is 16.5 Å². The zero-order valence-electron chi connectivity index (χ0n) is 17.2. The molecule has 0 fully saturated rings. The molecule has 0 aromatic heterocycles. The van der Waals surface area contributed by atoms with E-state index >= 15 is 0 Å². The van der Waals surface area contributed by atoms with Crippen molar-refractivity contribution in [2.24, 2.45) is 0 Å². The van der Waals surface area contributed by atoms with Crippen molar-refractivity contribution in [2.75, 3.05) is 13.2 Å². The fourth-order valence-electron chi connectivity index (χ4n) is 2.79. The Morgan fingerprint density at radius 3 is 2.34 bits per heavy atom. The first-order valence-corrected chi connectivity index (χ1v) is 10.7. The highest BCUT2D eigenvalue weighted by atomic mass is 79.9. The van der Waals surface area contributed by atoms with Crippen LogP contribution in [0.3, 0.4) is 0 Å². The molecule has 5 nitrogen and oxygen atoms in total. The molecule has 2 rings (SSSR count). The van der Waals surface area contributed by atoms with Crippen molar-refractivity contribution < 1.29 is 14.3 Å². The molecule has 0 radical (unpaired) electrons. The Balaban J connectivity index is 2.05. The summed E-state index contributed by atoms with van der Waals surface area (Å²) in [5, 5.41) is 2.96. The number of benzene rings is 2. The summed E-state index contributed by atoms with van der Waals surface area (Å²) in [6.07, 6.45) is 1.51. The minimum atomic E-state index is -0.575. The van der Waals surface area contributed by atoms with Gasteiger partial charge in [-0.2, -0.15) is 0 Å². The average Bonchev–Trinajstić information content (AvgIpc) is 2.73. The van der Waals surface area contributed by atoms with Crippen LogP contribution >= 0.6 is 15.9 Å². The van der Waals surface area contributed by atoms with Crippen molar-refractivity contribution in [2.45, 2.75) is 45.7 Å². The summed E-state index contributed by atoms with van der Waals surface area (Å²) in [5.41, 5.74) is 1.12. The van der Waals surface area contributed by atoms with Gasteiger partial charge in [0.15, 0.2) is 6.61 Å². The van der Waals surface area contributed by atoms with Crippen LogP contribution < -0.4 is 10.1 Å². The Kier molecular flexibility index (Phi) is 9.19. The second-order valence-corrected chi connectivity index (χ2v) is 7.97. The zero-order valence-corrected chi connectivity index (χ0v) is 18.8. The lowest BCUT2D eigenvalue weighted by molar-refractivity contribution is -0.141. The topological polar surface area (TPSA) is 58.6 Å². The second kappa shape index (κ2) is 11.6. The predicted octanol–water partition coefficient (Wildman–Crippen LogP) is 4.20. The number of hydrogen-bond donors (Lipinski definition) is 1. The van der Waals surface area contributed by atoms with Gasteiger partial charge in [-0.25, -0.2) is 0 Å². The minimum absolute atomic E-state index is 0.0649. The van der Waals surface area contributed by atoms with Crippen LogP contribution in [0, 0.1) is 0 Å². The number of carbonyl (C=O) groups is 2. The van der Waals surface area contributed by atoms with Gasteiger partial charge in [0.2, 0.25) is 5.91 Å². The van der Waals surface area contributed by atoms with Crippen molar-refractivity contribution in [1.82, 2.24) is 10.2 Å². The Bertz CT molecular complexity index is 780. The van der Waals surface area contributed by atoms with Crippen LogP contribution in [0.5, 0.6) is 5.75 Å². The molecule has 0 saturated heterocycles. The van der Waals surface area contributed by atoms with E-state index in [1.165, 1.54) is 0 Å². The van der Waals surface area contributed by atoms with Crippen LogP contribution in [-0.2, 0) is 16.0 Å². The van der Waals surface area contributed by atoms with Gasteiger partial charge in [-0.3, -0.25) is 9.59 Å². The molecule has 0 saturated carbocycles. The number of amides is 2. The molecule has 0 spiro atoms. The summed E-state index contributed by atoms with van der Waals surface area (Å²) in [6.45, 7) is 6.07. The first-order chi connectivity index (χ1) is 13.9. The highest BCUT2D eigenvalue weighted by molar-refractivity contribution is 9.10. The van der Waals surface area contributed by atoms with Crippen LogP contribution in [-0.4, -0.2) is 41.9 Å². The van der Waals surface area contributed by atoms with Crippen molar-refractivity contribution in [3.05, 3.63) is 64.6 Å².